The monoisotopic (exact) mass is 301 g/mol. The number of nitrogens with two attached hydrogens (primary N) is 1. The highest BCUT2D eigenvalue weighted by Crippen LogP contribution is 2.31. The number of hydrogen-bond donors (Lipinski definition) is 2. The van der Waals surface area contributed by atoms with Crippen LogP contribution in [-0.4, -0.2) is 18.2 Å². The Balaban J connectivity index is 2.10. The van der Waals surface area contributed by atoms with Gasteiger partial charge in [0.25, 0.3) is 0 Å². The first-order valence-corrected chi connectivity index (χ1v) is 6.92. The molecule has 2 aromatic carbocycles. The van der Waals surface area contributed by atoms with E-state index in [1.807, 2.05) is 30.3 Å². The molecule has 1 atom stereocenters. The van der Waals surface area contributed by atoms with Crippen molar-refractivity contribution in [3.63, 3.8) is 0 Å². The average molecular weight is 301 g/mol. The summed E-state index contributed by atoms with van der Waals surface area (Å²) in [7, 11) is 1.54. The SMILES string of the molecule is COc1cc([C@@H](N)CC(=O)O)ccc1OCc1ccccc1. The summed E-state index contributed by atoms with van der Waals surface area (Å²) in [6, 6.07) is 14.4. The number of ether oxygens (including phenoxy) is 2. The Hall–Kier alpha value is -2.53. The van der Waals surface area contributed by atoms with Gasteiger partial charge >= 0.3 is 5.97 Å². The molecule has 0 radical (unpaired) electrons. The number of rotatable bonds is 7. The molecule has 0 spiro atoms. The predicted octanol–water partition coefficient (Wildman–Crippen LogP) is 2.75. The molecule has 0 aliphatic heterocycles. The maximum absolute atomic E-state index is 10.7. The van der Waals surface area contributed by atoms with E-state index in [-0.39, 0.29) is 6.42 Å². The smallest absolute Gasteiger partial charge is 0.305 e. The number of methoxy groups -OCH3 is 1. The third-order valence-corrected chi connectivity index (χ3v) is 3.25. The molecule has 0 saturated heterocycles. The molecular weight excluding hydrogens is 282 g/mol. The van der Waals surface area contributed by atoms with Crippen molar-refractivity contribution in [3.05, 3.63) is 59.7 Å². The number of carbonyl (C=O) groups is 1. The molecule has 0 bridgehead atoms. The highest BCUT2D eigenvalue weighted by Gasteiger charge is 2.14. The number of benzene rings is 2. The van der Waals surface area contributed by atoms with Gasteiger partial charge in [-0.25, -0.2) is 0 Å². The summed E-state index contributed by atoms with van der Waals surface area (Å²) in [6.07, 6.45) is -0.132. The van der Waals surface area contributed by atoms with Crippen LogP contribution in [0.15, 0.2) is 48.5 Å². The van der Waals surface area contributed by atoms with E-state index in [9.17, 15) is 4.79 Å². The lowest BCUT2D eigenvalue weighted by molar-refractivity contribution is -0.137. The van der Waals surface area contributed by atoms with E-state index in [1.165, 1.54) is 7.11 Å². The summed E-state index contributed by atoms with van der Waals surface area (Å²) in [5.74, 6) is 0.197. The second-order valence-corrected chi connectivity index (χ2v) is 4.89. The zero-order chi connectivity index (χ0) is 15.9. The number of carboxylic acids is 1. The van der Waals surface area contributed by atoms with Gasteiger partial charge in [0.1, 0.15) is 6.61 Å². The van der Waals surface area contributed by atoms with Gasteiger partial charge in [-0.15, -0.1) is 0 Å². The topological polar surface area (TPSA) is 81.8 Å². The largest absolute Gasteiger partial charge is 0.493 e. The summed E-state index contributed by atoms with van der Waals surface area (Å²) in [5, 5.41) is 8.80. The first kappa shape index (κ1) is 15.9. The van der Waals surface area contributed by atoms with E-state index in [0.29, 0.717) is 23.7 Å². The van der Waals surface area contributed by atoms with Crippen molar-refractivity contribution in [2.24, 2.45) is 5.73 Å². The van der Waals surface area contributed by atoms with Crippen molar-refractivity contribution in [2.75, 3.05) is 7.11 Å². The fraction of sp³-hybridized carbons (Fsp3) is 0.235. The molecule has 2 rings (SSSR count). The normalized spacial score (nSPS) is 11.7. The van der Waals surface area contributed by atoms with Gasteiger partial charge in [-0.3, -0.25) is 4.79 Å². The average Bonchev–Trinajstić information content (AvgIpc) is 2.53. The molecule has 22 heavy (non-hydrogen) atoms. The minimum absolute atomic E-state index is 0.132. The summed E-state index contributed by atoms with van der Waals surface area (Å²) in [6.45, 7) is 0.428. The first-order chi connectivity index (χ1) is 10.6. The van der Waals surface area contributed by atoms with Crippen LogP contribution in [0.5, 0.6) is 11.5 Å². The lowest BCUT2D eigenvalue weighted by atomic mass is 10.0. The summed E-state index contributed by atoms with van der Waals surface area (Å²) < 4.78 is 11.0. The van der Waals surface area contributed by atoms with E-state index >= 15 is 0 Å². The molecule has 5 heteroatoms. The van der Waals surface area contributed by atoms with Gasteiger partial charge in [-0.1, -0.05) is 36.4 Å². The third kappa shape index (κ3) is 4.23. The summed E-state index contributed by atoms with van der Waals surface area (Å²) >= 11 is 0. The van der Waals surface area contributed by atoms with Crippen molar-refractivity contribution in [2.45, 2.75) is 19.1 Å². The molecule has 116 valence electrons. The van der Waals surface area contributed by atoms with Crippen LogP contribution in [0.3, 0.4) is 0 Å². The second kappa shape index (κ2) is 7.47. The van der Waals surface area contributed by atoms with Crippen LogP contribution in [0.25, 0.3) is 0 Å². The van der Waals surface area contributed by atoms with Crippen molar-refractivity contribution in [1.29, 1.82) is 0 Å². The van der Waals surface area contributed by atoms with E-state index in [0.717, 1.165) is 5.56 Å². The van der Waals surface area contributed by atoms with Gasteiger partial charge in [-0.05, 0) is 23.3 Å². The predicted molar refractivity (Wildman–Crippen MR) is 82.9 cm³/mol. The Morgan fingerprint density at radius 2 is 1.91 bits per heavy atom. The van der Waals surface area contributed by atoms with E-state index in [4.69, 9.17) is 20.3 Å². The number of carboxylic acid groups (broad SMARTS) is 1. The van der Waals surface area contributed by atoms with Crippen LogP contribution in [0, 0.1) is 0 Å². The molecule has 0 heterocycles. The van der Waals surface area contributed by atoms with Crippen LogP contribution in [-0.2, 0) is 11.4 Å². The Labute approximate surface area is 129 Å². The fourth-order valence-electron chi connectivity index (χ4n) is 2.08. The van der Waals surface area contributed by atoms with Gasteiger partial charge in [-0.2, -0.15) is 0 Å². The highest BCUT2D eigenvalue weighted by molar-refractivity contribution is 5.68. The van der Waals surface area contributed by atoms with Crippen LogP contribution in [0.4, 0.5) is 0 Å². The molecule has 0 fully saturated rings. The zero-order valence-electron chi connectivity index (χ0n) is 12.4. The number of hydrogen-bond acceptors (Lipinski definition) is 4. The van der Waals surface area contributed by atoms with Gasteiger partial charge in [0.2, 0.25) is 0 Å². The van der Waals surface area contributed by atoms with Gasteiger partial charge in [0.05, 0.1) is 13.5 Å². The van der Waals surface area contributed by atoms with Crippen LogP contribution >= 0.6 is 0 Å². The van der Waals surface area contributed by atoms with E-state index < -0.39 is 12.0 Å². The lowest BCUT2D eigenvalue weighted by Gasteiger charge is -2.15. The van der Waals surface area contributed by atoms with Crippen LogP contribution < -0.4 is 15.2 Å². The van der Waals surface area contributed by atoms with Gasteiger partial charge < -0.3 is 20.3 Å². The van der Waals surface area contributed by atoms with Crippen molar-refractivity contribution in [1.82, 2.24) is 0 Å². The number of aliphatic carboxylic acids is 1. The van der Waals surface area contributed by atoms with Gasteiger partial charge in [0.15, 0.2) is 11.5 Å². The quantitative estimate of drug-likeness (QED) is 0.821. The zero-order valence-corrected chi connectivity index (χ0v) is 12.4. The van der Waals surface area contributed by atoms with Crippen molar-refractivity contribution < 1.29 is 19.4 Å². The Morgan fingerprint density at radius 1 is 1.18 bits per heavy atom. The van der Waals surface area contributed by atoms with Crippen molar-refractivity contribution in [3.8, 4) is 11.5 Å². The minimum Gasteiger partial charge on any atom is -0.493 e. The summed E-state index contributed by atoms with van der Waals surface area (Å²) in [4.78, 5) is 10.7. The molecule has 5 nitrogen and oxygen atoms in total. The molecular formula is C17H19NO4. The molecule has 0 amide bonds. The van der Waals surface area contributed by atoms with Gasteiger partial charge in [0, 0.05) is 6.04 Å². The third-order valence-electron chi connectivity index (χ3n) is 3.25. The lowest BCUT2D eigenvalue weighted by Crippen LogP contribution is -2.15. The fourth-order valence-corrected chi connectivity index (χ4v) is 2.08. The molecule has 0 aliphatic carbocycles. The Bertz CT molecular complexity index is 628. The first-order valence-electron chi connectivity index (χ1n) is 6.92. The Morgan fingerprint density at radius 3 is 2.55 bits per heavy atom. The second-order valence-electron chi connectivity index (χ2n) is 4.89. The van der Waals surface area contributed by atoms with Crippen LogP contribution in [0.1, 0.15) is 23.6 Å². The summed E-state index contributed by atoms with van der Waals surface area (Å²) in [5.41, 5.74) is 7.61. The molecule has 0 aromatic heterocycles. The molecule has 2 aromatic rings. The maximum Gasteiger partial charge on any atom is 0.305 e. The van der Waals surface area contributed by atoms with E-state index in [1.54, 1.807) is 18.2 Å². The molecule has 3 N–H and O–H groups in total. The van der Waals surface area contributed by atoms with Crippen LogP contribution in [0.2, 0.25) is 0 Å². The standard InChI is InChI=1S/C17H19NO4/c1-21-16-9-13(14(18)10-17(19)20)7-8-15(16)22-11-12-5-3-2-4-6-12/h2-9,14H,10-11,18H2,1H3,(H,19,20)/t14-/m0/s1. The minimum atomic E-state index is -0.934. The molecule has 0 unspecified atom stereocenters. The van der Waals surface area contributed by atoms with Crippen molar-refractivity contribution >= 4 is 5.97 Å². The van der Waals surface area contributed by atoms with E-state index in [2.05, 4.69) is 0 Å². The molecule has 0 saturated carbocycles. The Kier molecular flexibility index (Phi) is 5.38. The maximum atomic E-state index is 10.7. The highest BCUT2D eigenvalue weighted by atomic mass is 16.5. The molecule has 0 aliphatic rings.